The first-order valence-electron chi connectivity index (χ1n) is 13.7. The lowest BCUT2D eigenvalue weighted by Gasteiger charge is -2.50. The Morgan fingerprint density at radius 1 is 1.00 bits per heavy atom. The average Bonchev–Trinajstić information content (AvgIpc) is 2.83. The van der Waals surface area contributed by atoms with Crippen molar-refractivity contribution in [2.75, 3.05) is 26.2 Å². The number of likely N-dealkylation sites (tertiary alicyclic amines) is 1. The molecule has 1 fully saturated rings. The van der Waals surface area contributed by atoms with Gasteiger partial charge in [-0.25, -0.2) is 0 Å². The number of halogens is 1. The standard InChI is InChI=1S/C30H50ClN3/c1-6-9-10-11-27(24-28-14-16-29(31)17-15-28)13-12-25(4)33-22-18-30(19-23-33,26(5)32)34(20-7-2)21-8-3/h14-17,27H,4-13,18-24,32H2,1-3H3/t27-/m1/s1. The van der Waals surface area contributed by atoms with Gasteiger partial charge in [0.25, 0.3) is 0 Å². The molecule has 0 saturated carbocycles. The molecule has 3 nitrogen and oxygen atoms in total. The van der Waals surface area contributed by atoms with Crippen molar-refractivity contribution >= 4 is 11.6 Å². The minimum Gasteiger partial charge on any atom is -0.401 e. The summed E-state index contributed by atoms with van der Waals surface area (Å²) in [6.45, 7) is 19.8. The smallest absolute Gasteiger partial charge is 0.0633 e. The Kier molecular flexibility index (Phi) is 12.6. The Bertz CT molecular complexity index is 728. The third-order valence-corrected chi connectivity index (χ3v) is 7.97. The normalized spacial score (nSPS) is 16.6. The molecule has 2 N–H and O–H groups in total. The van der Waals surface area contributed by atoms with Crippen molar-refractivity contribution in [3.63, 3.8) is 0 Å². The molecular formula is C30H50ClN3. The Balaban J connectivity index is 1.95. The number of benzene rings is 1. The van der Waals surface area contributed by atoms with Crippen molar-refractivity contribution in [2.24, 2.45) is 11.7 Å². The molecule has 0 aromatic heterocycles. The van der Waals surface area contributed by atoms with Gasteiger partial charge in [-0.1, -0.05) is 83.3 Å². The van der Waals surface area contributed by atoms with E-state index in [4.69, 9.17) is 17.3 Å². The number of unbranched alkanes of at least 4 members (excludes halogenated alkanes) is 2. The lowest BCUT2D eigenvalue weighted by Crippen LogP contribution is -2.58. The van der Waals surface area contributed by atoms with Crippen molar-refractivity contribution in [1.29, 1.82) is 0 Å². The van der Waals surface area contributed by atoms with E-state index >= 15 is 0 Å². The second kappa shape index (κ2) is 14.8. The molecule has 1 heterocycles. The molecular weight excluding hydrogens is 438 g/mol. The first-order chi connectivity index (χ1) is 16.4. The Morgan fingerprint density at radius 3 is 2.15 bits per heavy atom. The summed E-state index contributed by atoms with van der Waals surface area (Å²) in [5.74, 6) is 0.696. The molecule has 1 aliphatic rings. The Labute approximate surface area is 215 Å². The molecule has 0 spiro atoms. The van der Waals surface area contributed by atoms with Crippen LogP contribution in [0.4, 0.5) is 0 Å². The number of rotatable bonds is 16. The van der Waals surface area contributed by atoms with Crippen molar-refractivity contribution < 1.29 is 0 Å². The summed E-state index contributed by atoms with van der Waals surface area (Å²) in [6, 6.07) is 8.41. The van der Waals surface area contributed by atoms with Gasteiger partial charge in [-0.05, 0) is 81.6 Å². The van der Waals surface area contributed by atoms with Crippen LogP contribution in [0.1, 0.15) is 90.5 Å². The molecule has 0 aliphatic carbocycles. The molecule has 1 aromatic rings. The highest BCUT2D eigenvalue weighted by molar-refractivity contribution is 6.30. The van der Waals surface area contributed by atoms with Crippen molar-refractivity contribution in [3.8, 4) is 0 Å². The lowest BCUT2D eigenvalue weighted by molar-refractivity contribution is 0.0550. The number of allylic oxidation sites excluding steroid dienone is 1. The fourth-order valence-corrected chi connectivity index (χ4v) is 5.75. The molecule has 1 saturated heterocycles. The predicted molar refractivity (Wildman–Crippen MR) is 150 cm³/mol. The number of nitrogens with two attached hydrogens (primary N) is 1. The number of piperidine rings is 1. The molecule has 0 amide bonds. The van der Waals surface area contributed by atoms with E-state index in [-0.39, 0.29) is 5.54 Å². The van der Waals surface area contributed by atoms with Crippen LogP contribution in [0.5, 0.6) is 0 Å². The monoisotopic (exact) mass is 487 g/mol. The second-order valence-electron chi connectivity index (χ2n) is 10.3. The van der Waals surface area contributed by atoms with E-state index in [0.717, 1.165) is 75.4 Å². The molecule has 2 rings (SSSR count). The van der Waals surface area contributed by atoms with E-state index < -0.39 is 0 Å². The van der Waals surface area contributed by atoms with Crippen LogP contribution in [-0.4, -0.2) is 41.5 Å². The first-order valence-corrected chi connectivity index (χ1v) is 14.1. The van der Waals surface area contributed by atoms with E-state index in [1.54, 1.807) is 0 Å². The number of hydrogen-bond donors (Lipinski definition) is 1. The topological polar surface area (TPSA) is 32.5 Å². The summed E-state index contributed by atoms with van der Waals surface area (Å²) < 4.78 is 0. The second-order valence-corrected chi connectivity index (χ2v) is 10.8. The number of hydrogen-bond acceptors (Lipinski definition) is 3. The van der Waals surface area contributed by atoms with Crippen molar-refractivity contribution in [2.45, 2.75) is 96.9 Å². The minimum atomic E-state index is -0.0555. The number of nitrogens with zero attached hydrogens (tertiary/aromatic N) is 2. The maximum Gasteiger partial charge on any atom is 0.0633 e. The fraction of sp³-hybridized carbons (Fsp3) is 0.667. The molecule has 34 heavy (non-hydrogen) atoms. The van der Waals surface area contributed by atoms with Crippen molar-refractivity contribution in [1.82, 2.24) is 9.80 Å². The van der Waals surface area contributed by atoms with E-state index in [9.17, 15) is 0 Å². The summed E-state index contributed by atoms with van der Waals surface area (Å²) in [6.07, 6.45) is 13.0. The highest BCUT2D eigenvalue weighted by Crippen LogP contribution is 2.35. The van der Waals surface area contributed by atoms with Gasteiger partial charge in [0, 0.05) is 29.5 Å². The van der Waals surface area contributed by atoms with Gasteiger partial charge in [-0.3, -0.25) is 4.90 Å². The van der Waals surface area contributed by atoms with Crippen LogP contribution in [0.15, 0.2) is 48.8 Å². The quantitative estimate of drug-likeness (QED) is 0.241. The van der Waals surface area contributed by atoms with Crippen molar-refractivity contribution in [3.05, 3.63) is 59.4 Å². The lowest BCUT2D eigenvalue weighted by atomic mass is 9.82. The SMILES string of the molecule is C=C(CC[C@@H](CCCCC)Cc1ccc(Cl)cc1)N1CCC(C(=C)N)(N(CCC)CCC)CC1. The van der Waals surface area contributed by atoms with Gasteiger partial charge in [-0.15, -0.1) is 0 Å². The van der Waals surface area contributed by atoms with E-state index in [0.29, 0.717) is 5.92 Å². The van der Waals surface area contributed by atoms with Gasteiger partial charge in [0.15, 0.2) is 0 Å². The maximum atomic E-state index is 6.44. The maximum absolute atomic E-state index is 6.44. The Hall–Kier alpha value is -1.45. The zero-order valence-electron chi connectivity index (χ0n) is 22.3. The van der Waals surface area contributed by atoms with Crippen LogP contribution in [0.2, 0.25) is 5.02 Å². The molecule has 0 bridgehead atoms. The zero-order chi connectivity index (χ0) is 25.0. The highest BCUT2D eigenvalue weighted by Gasteiger charge is 2.40. The van der Waals surface area contributed by atoms with Gasteiger partial charge >= 0.3 is 0 Å². The van der Waals surface area contributed by atoms with Gasteiger partial charge in [0.2, 0.25) is 0 Å². The molecule has 0 radical (unpaired) electrons. The van der Waals surface area contributed by atoms with E-state index in [1.807, 2.05) is 12.1 Å². The zero-order valence-corrected chi connectivity index (χ0v) is 23.0. The molecule has 192 valence electrons. The summed E-state index contributed by atoms with van der Waals surface area (Å²) in [5, 5.41) is 0.817. The van der Waals surface area contributed by atoms with Gasteiger partial charge in [0.05, 0.1) is 5.54 Å². The fourth-order valence-electron chi connectivity index (χ4n) is 5.63. The largest absolute Gasteiger partial charge is 0.401 e. The predicted octanol–water partition coefficient (Wildman–Crippen LogP) is 7.80. The minimum absolute atomic E-state index is 0.0555. The van der Waals surface area contributed by atoms with E-state index in [2.05, 4.69) is 55.9 Å². The molecule has 1 atom stereocenters. The molecule has 1 aromatic carbocycles. The molecule has 1 aliphatic heterocycles. The van der Waals surface area contributed by atoms with Crippen LogP contribution in [0.3, 0.4) is 0 Å². The molecule has 0 unspecified atom stereocenters. The summed E-state index contributed by atoms with van der Waals surface area (Å²) in [4.78, 5) is 5.12. The Morgan fingerprint density at radius 2 is 1.62 bits per heavy atom. The van der Waals surface area contributed by atoms with Crippen LogP contribution >= 0.6 is 11.6 Å². The van der Waals surface area contributed by atoms with Crippen LogP contribution < -0.4 is 5.73 Å². The summed E-state index contributed by atoms with van der Waals surface area (Å²) >= 11 is 6.10. The average molecular weight is 488 g/mol. The third-order valence-electron chi connectivity index (χ3n) is 7.72. The van der Waals surface area contributed by atoms with Gasteiger partial charge in [-0.2, -0.15) is 0 Å². The first kappa shape index (κ1) is 28.8. The highest BCUT2D eigenvalue weighted by atomic mass is 35.5. The van der Waals surface area contributed by atoms with Gasteiger partial charge in [0.1, 0.15) is 0 Å². The summed E-state index contributed by atoms with van der Waals surface area (Å²) in [7, 11) is 0. The molecule has 4 heteroatoms. The van der Waals surface area contributed by atoms with Crippen LogP contribution in [-0.2, 0) is 6.42 Å². The van der Waals surface area contributed by atoms with Crippen LogP contribution in [0.25, 0.3) is 0 Å². The summed E-state index contributed by atoms with van der Waals surface area (Å²) in [5.41, 5.74) is 9.92. The van der Waals surface area contributed by atoms with E-state index in [1.165, 1.54) is 43.4 Å². The third kappa shape index (κ3) is 8.34. The van der Waals surface area contributed by atoms with Crippen LogP contribution in [0, 0.1) is 5.92 Å². The van der Waals surface area contributed by atoms with Gasteiger partial charge < -0.3 is 10.6 Å².